The van der Waals surface area contributed by atoms with Crippen molar-refractivity contribution < 1.29 is 9.59 Å². The second-order valence-electron chi connectivity index (χ2n) is 4.11. The summed E-state index contributed by atoms with van der Waals surface area (Å²) in [5, 5.41) is 2.67. The molecule has 4 nitrogen and oxygen atoms in total. The maximum atomic E-state index is 11.6. The summed E-state index contributed by atoms with van der Waals surface area (Å²) >= 11 is 3.29. The zero-order valence-electron chi connectivity index (χ0n) is 9.87. The third-order valence-electron chi connectivity index (χ3n) is 2.01. The molecule has 0 aromatic carbocycles. The van der Waals surface area contributed by atoms with Gasteiger partial charge in [0.15, 0.2) is 0 Å². The molecule has 0 aliphatic carbocycles. The molecule has 0 aromatic rings. The molecule has 0 rings (SSSR count). The molecule has 1 N–H and O–H groups in total. The Morgan fingerprint density at radius 2 is 1.67 bits per heavy atom. The molecule has 0 bridgehead atoms. The van der Waals surface area contributed by atoms with E-state index in [1.54, 1.807) is 21.0 Å². The fraction of sp³-hybridized carbons (Fsp3) is 0.800. The van der Waals surface area contributed by atoms with E-state index in [0.717, 1.165) is 0 Å². The van der Waals surface area contributed by atoms with Gasteiger partial charge in [0.05, 0.1) is 4.83 Å². The SMILES string of the molecule is CC(NC(=O)C(Br)C(C)C)C(=O)N(C)C. The molecule has 0 heterocycles. The van der Waals surface area contributed by atoms with E-state index in [0.29, 0.717) is 0 Å². The predicted octanol–water partition coefficient (Wildman–Crippen LogP) is 0.999. The van der Waals surface area contributed by atoms with Crippen LogP contribution in [0.3, 0.4) is 0 Å². The Balaban J connectivity index is 4.24. The average Bonchev–Trinajstić information content (AvgIpc) is 2.14. The summed E-state index contributed by atoms with van der Waals surface area (Å²) < 4.78 is 0. The lowest BCUT2D eigenvalue weighted by Gasteiger charge is -2.20. The van der Waals surface area contributed by atoms with Crippen molar-refractivity contribution in [2.45, 2.75) is 31.6 Å². The quantitative estimate of drug-likeness (QED) is 0.780. The molecule has 2 atom stereocenters. The first-order valence-electron chi connectivity index (χ1n) is 4.93. The fourth-order valence-corrected chi connectivity index (χ4v) is 1.18. The van der Waals surface area contributed by atoms with Gasteiger partial charge in [-0.3, -0.25) is 9.59 Å². The summed E-state index contributed by atoms with van der Waals surface area (Å²) in [4.78, 5) is 24.3. The lowest BCUT2D eigenvalue weighted by molar-refractivity contribution is -0.133. The average molecular weight is 279 g/mol. The number of halogens is 1. The van der Waals surface area contributed by atoms with Gasteiger partial charge in [0.1, 0.15) is 6.04 Å². The van der Waals surface area contributed by atoms with Crippen LogP contribution >= 0.6 is 15.9 Å². The molecule has 0 aliphatic heterocycles. The zero-order chi connectivity index (χ0) is 12.2. The summed E-state index contributed by atoms with van der Waals surface area (Å²) in [6.07, 6.45) is 0. The highest BCUT2D eigenvalue weighted by Crippen LogP contribution is 2.11. The van der Waals surface area contributed by atoms with Crippen LogP contribution in [0.2, 0.25) is 0 Å². The van der Waals surface area contributed by atoms with Gasteiger partial charge in [0, 0.05) is 14.1 Å². The first kappa shape index (κ1) is 14.4. The van der Waals surface area contributed by atoms with E-state index in [4.69, 9.17) is 0 Å². The number of alkyl halides is 1. The largest absolute Gasteiger partial charge is 0.347 e. The van der Waals surface area contributed by atoms with E-state index in [1.807, 2.05) is 13.8 Å². The molecular formula is C10H19BrN2O2. The van der Waals surface area contributed by atoms with Crippen molar-refractivity contribution in [2.24, 2.45) is 5.92 Å². The van der Waals surface area contributed by atoms with Crippen LogP contribution in [0.5, 0.6) is 0 Å². The van der Waals surface area contributed by atoms with Gasteiger partial charge >= 0.3 is 0 Å². The standard InChI is InChI=1S/C10H19BrN2O2/c1-6(2)8(11)9(14)12-7(3)10(15)13(4)5/h6-8H,1-5H3,(H,12,14). The van der Waals surface area contributed by atoms with Crippen molar-refractivity contribution in [3.63, 3.8) is 0 Å². The maximum absolute atomic E-state index is 11.6. The Morgan fingerprint density at radius 1 is 1.20 bits per heavy atom. The van der Waals surface area contributed by atoms with E-state index >= 15 is 0 Å². The number of rotatable bonds is 4. The number of amides is 2. The number of nitrogens with zero attached hydrogens (tertiary/aromatic N) is 1. The summed E-state index contributed by atoms with van der Waals surface area (Å²) in [6, 6.07) is -0.480. The first-order valence-corrected chi connectivity index (χ1v) is 5.84. The van der Waals surface area contributed by atoms with Crippen molar-refractivity contribution in [1.82, 2.24) is 10.2 Å². The molecule has 2 amide bonds. The van der Waals surface area contributed by atoms with Crippen molar-refractivity contribution in [1.29, 1.82) is 0 Å². The Kier molecular flexibility index (Phi) is 5.87. The third kappa shape index (κ3) is 4.64. The minimum absolute atomic E-state index is 0.105. The summed E-state index contributed by atoms with van der Waals surface area (Å²) in [5.41, 5.74) is 0. The molecule has 0 saturated carbocycles. The monoisotopic (exact) mass is 278 g/mol. The van der Waals surface area contributed by atoms with E-state index in [2.05, 4.69) is 21.2 Å². The summed E-state index contributed by atoms with van der Waals surface area (Å²) in [7, 11) is 3.33. The lowest BCUT2D eigenvalue weighted by Crippen LogP contribution is -2.47. The Morgan fingerprint density at radius 3 is 2.00 bits per heavy atom. The molecule has 88 valence electrons. The number of hydrogen-bond donors (Lipinski definition) is 1. The van der Waals surface area contributed by atoms with Gasteiger partial charge in [0.2, 0.25) is 11.8 Å². The zero-order valence-corrected chi connectivity index (χ0v) is 11.5. The Bertz CT molecular complexity index is 242. The van der Waals surface area contributed by atoms with Crippen LogP contribution in [-0.2, 0) is 9.59 Å². The number of nitrogens with one attached hydrogen (secondary N) is 1. The van der Waals surface area contributed by atoms with Gasteiger partial charge in [-0.25, -0.2) is 0 Å². The van der Waals surface area contributed by atoms with Crippen molar-refractivity contribution in [2.75, 3.05) is 14.1 Å². The minimum Gasteiger partial charge on any atom is -0.347 e. The number of carbonyl (C=O) groups is 2. The second kappa shape index (κ2) is 6.10. The second-order valence-corrected chi connectivity index (χ2v) is 5.10. The van der Waals surface area contributed by atoms with Crippen LogP contribution in [0.4, 0.5) is 0 Å². The Hall–Kier alpha value is -0.580. The first-order chi connectivity index (χ1) is 6.77. The molecule has 2 unspecified atom stereocenters. The molecule has 0 saturated heterocycles. The van der Waals surface area contributed by atoms with Gasteiger partial charge < -0.3 is 10.2 Å². The molecule has 0 fully saturated rings. The van der Waals surface area contributed by atoms with E-state index in [9.17, 15) is 9.59 Å². The molecule has 0 aromatic heterocycles. The van der Waals surface area contributed by atoms with Crippen LogP contribution in [0.25, 0.3) is 0 Å². The molecular weight excluding hydrogens is 260 g/mol. The van der Waals surface area contributed by atoms with Crippen LogP contribution < -0.4 is 5.32 Å². The third-order valence-corrected chi connectivity index (χ3v) is 3.48. The normalized spacial score (nSPS) is 14.6. The van der Waals surface area contributed by atoms with E-state index in [1.165, 1.54) is 4.90 Å². The summed E-state index contributed by atoms with van der Waals surface area (Å²) in [6.45, 7) is 5.56. The maximum Gasteiger partial charge on any atom is 0.244 e. The summed E-state index contributed by atoms with van der Waals surface area (Å²) in [5.74, 6) is -0.0498. The van der Waals surface area contributed by atoms with Gasteiger partial charge in [0.25, 0.3) is 0 Å². The molecule has 15 heavy (non-hydrogen) atoms. The van der Waals surface area contributed by atoms with Crippen LogP contribution in [0, 0.1) is 5.92 Å². The topological polar surface area (TPSA) is 49.4 Å². The fourth-order valence-electron chi connectivity index (χ4n) is 1.04. The molecule has 5 heteroatoms. The van der Waals surface area contributed by atoms with E-state index in [-0.39, 0.29) is 22.6 Å². The van der Waals surface area contributed by atoms with Gasteiger partial charge in [-0.2, -0.15) is 0 Å². The lowest BCUT2D eigenvalue weighted by atomic mass is 10.1. The highest BCUT2D eigenvalue weighted by atomic mass is 79.9. The number of hydrogen-bond acceptors (Lipinski definition) is 2. The highest BCUT2D eigenvalue weighted by Gasteiger charge is 2.23. The smallest absolute Gasteiger partial charge is 0.244 e. The molecule has 0 radical (unpaired) electrons. The predicted molar refractivity (Wildman–Crippen MR) is 63.9 cm³/mol. The van der Waals surface area contributed by atoms with Gasteiger partial charge in [-0.1, -0.05) is 29.8 Å². The van der Waals surface area contributed by atoms with Crippen molar-refractivity contribution in [3.05, 3.63) is 0 Å². The van der Waals surface area contributed by atoms with Crippen LogP contribution in [0.1, 0.15) is 20.8 Å². The highest BCUT2D eigenvalue weighted by molar-refractivity contribution is 9.10. The van der Waals surface area contributed by atoms with Gasteiger partial charge in [-0.05, 0) is 12.8 Å². The number of likely N-dealkylation sites (N-methyl/N-ethyl adjacent to an activating group) is 1. The Labute approximate surface area is 99.5 Å². The molecule has 0 spiro atoms. The van der Waals surface area contributed by atoms with E-state index < -0.39 is 6.04 Å². The molecule has 0 aliphatic rings. The minimum atomic E-state index is -0.480. The van der Waals surface area contributed by atoms with Crippen LogP contribution in [0.15, 0.2) is 0 Å². The van der Waals surface area contributed by atoms with Crippen molar-refractivity contribution in [3.8, 4) is 0 Å². The van der Waals surface area contributed by atoms with Crippen molar-refractivity contribution >= 4 is 27.7 Å². The van der Waals surface area contributed by atoms with Crippen LogP contribution in [-0.4, -0.2) is 41.7 Å². The van der Waals surface area contributed by atoms with Gasteiger partial charge in [-0.15, -0.1) is 0 Å². The number of carbonyl (C=O) groups excluding carboxylic acids is 2.